The first-order valence-electron chi connectivity index (χ1n) is 6.98. The Kier molecular flexibility index (Phi) is 6.34. The van der Waals surface area contributed by atoms with Crippen molar-refractivity contribution in [1.29, 1.82) is 0 Å². The van der Waals surface area contributed by atoms with E-state index in [1.54, 1.807) is 12.1 Å². The van der Waals surface area contributed by atoms with Crippen LogP contribution in [0.4, 0.5) is 4.39 Å². The highest BCUT2D eigenvalue weighted by molar-refractivity contribution is 5.20. The van der Waals surface area contributed by atoms with Gasteiger partial charge in [0, 0.05) is 12.6 Å². The van der Waals surface area contributed by atoms with E-state index in [1.165, 1.54) is 12.0 Å². The summed E-state index contributed by atoms with van der Waals surface area (Å²) < 4.78 is 13.0. The van der Waals surface area contributed by atoms with Gasteiger partial charge in [-0.15, -0.1) is 0 Å². The molecule has 1 rings (SSSR count). The second-order valence-corrected chi connectivity index (χ2v) is 5.78. The highest BCUT2D eigenvalue weighted by Crippen LogP contribution is 2.23. The molecule has 1 aromatic rings. The summed E-state index contributed by atoms with van der Waals surface area (Å²) in [6.07, 6.45) is 2.37. The molecule has 0 aliphatic rings. The number of rotatable bonds is 7. The van der Waals surface area contributed by atoms with E-state index in [0.717, 1.165) is 13.0 Å². The smallest absolute Gasteiger partial charge is 0.123 e. The van der Waals surface area contributed by atoms with Gasteiger partial charge in [0.1, 0.15) is 5.82 Å². The van der Waals surface area contributed by atoms with Gasteiger partial charge in [-0.2, -0.15) is 0 Å². The van der Waals surface area contributed by atoms with E-state index in [0.29, 0.717) is 17.9 Å². The lowest BCUT2D eigenvalue weighted by Gasteiger charge is -2.20. The minimum atomic E-state index is -0.154. The molecule has 0 aliphatic carbocycles. The molecule has 102 valence electrons. The molecular weight excluding hydrogens is 225 g/mol. The molecule has 1 aromatic carbocycles. The summed E-state index contributed by atoms with van der Waals surface area (Å²) in [7, 11) is 0. The molecule has 1 unspecified atom stereocenters. The van der Waals surface area contributed by atoms with Crippen LogP contribution < -0.4 is 5.32 Å². The molecule has 1 N–H and O–H groups in total. The fraction of sp³-hybridized carbons (Fsp3) is 0.625. The van der Waals surface area contributed by atoms with Gasteiger partial charge in [-0.25, -0.2) is 4.39 Å². The van der Waals surface area contributed by atoms with Gasteiger partial charge in [-0.1, -0.05) is 46.2 Å². The van der Waals surface area contributed by atoms with Gasteiger partial charge in [0.25, 0.3) is 0 Å². The lowest BCUT2D eigenvalue weighted by molar-refractivity contribution is 0.459. The van der Waals surface area contributed by atoms with E-state index in [-0.39, 0.29) is 5.82 Å². The van der Waals surface area contributed by atoms with Crippen LogP contribution in [0.25, 0.3) is 0 Å². The molecule has 18 heavy (non-hydrogen) atoms. The average Bonchev–Trinajstić information content (AvgIpc) is 2.30. The summed E-state index contributed by atoms with van der Waals surface area (Å²) in [6.45, 7) is 9.78. The topological polar surface area (TPSA) is 12.0 Å². The lowest BCUT2D eigenvalue weighted by atomic mass is 9.91. The van der Waals surface area contributed by atoms with Crippen molar-refractivity contribution in [3.05, 3.63) is 35.6 Å². The third kappa shape index (κ3) is 5.63. The fourth-order valence-corrected chi connectivity index (χ4v) is 2.03. The molecule has 0 spiro atoms. The van der Waals surface area contributed by atoms with Crippen LogP contribution in [0.1, 0.15) is 52.0 Å². The third-order valence-electron chi connectivity index (χ3n) is 3.21. The van der Waals surface area contributed by atoms with Crippen molar-refractivity contribution >= 4 is 0 Å². The molecular formula is C16H26FN. The highest BCUT2D eigenvalue weighted by Gasteiger charge is 2.12. The Morgan fingerprint density at radius 1 is 1.00 bits per heavy atom. The van der Waals surface area contributed by atoms with Crippen LogP contribution >= 0.6 is 0 Å². The SMILES string of the molecule is CC(C)CCC(CNC(C)C)c1ccc(F)cc1. The van der Waals surface area contributed by atoms with Crippen molar-refractivity contribution in [2.45, 2.75) is 52.5 Å². The number of benzene rings is 1. The Bertz CT molecular complexity index is 317. The van der Waals surface area contributed by atoms with E-state index in [4.69, 9.17) is 0 Å². The Balaban J connectivity index is 2.66. The molecule has 0 aliphatic heterocycles. The molecule has 2 heteroatoms. The molecule has 0 saturated heterocycles. The fourth-order valence-electron chi connectivity index (χ4n) is 2.03. The molecule has 1 atom stereocenters. The first kappa shape index (κ1) is 15.2. The monoisotopic (exact) mass is 251 g/mol. The predicted molar refractivity (Wildman–Crippen MR) is 76.4 cm³/mol. The molecule has 0 radical (unpaired) electrons. The molecule has 0 amide bonds. The van der Waals surface area contributed by atoms with E-state index < -0.39 is 0 Å². The van der Waals surface area contributed by atoms with Crippen molar-refractivity contribution in [1.82, 2.24) is 5.32 Å². The zero-order chi connectivity index (χ0) is 13.5. The Hall–Kier alpha value is -0.890. The van der Waals surface area contributed by atoms with Gasteiger partial charge in [0.05, 0.1) is 0 Å². The van der Waals surface area contributed by atoms with E-state index in [2.05, 4.69) is 33.0 Å². The first-order valence-corrected chi connectivity index (χ1v) is 6.98. The quantitative estimate of drug-likeness (QED) is 0.760. The molecule has 0 fully saturated rings. The van der Waals surface area contributed by atoms with E-state index >= 15 is 0 Å². The molecule has 0 saturated carbocycles. The van der Waals surface area contributed by atoms with Crippen LogP contribution in [0.15, 0.2) is 24.3 Å². The van der Waals surface area contributed by atoms with Crippen LogP contribution in [0.5, 0.6) is 0 Å². The van der Waals surface area contributed by atoms with E-state index in [1.807, 2.05) is 12.1 Å². The largest absolute Gasteiger partial charge is 0.314 e. The second kappa shape index (κ2) is 7.52. The number of hydrogen-bond acceptors (Lipinski definition) is 1. The number of hydrogen-bond donors (Lipinski definition) is 1. The van der Waals surface area contributed by atoms with Gasteiger partial charge < -0.3 is 5.32 Å². The maximum Gasteiger partial charge on any atom is 0.123 e. The van der Waals surface area contributed by atoms with Crippen LogP contribution in [0.2, 0.25) is 0 Å². The Morgan fingerprint density at radius 3 is 2.11 bits per heavy atom. The Morgan fingerprint density at radius 2 is 1.61 bits per heavy atom. The van der Waals surface area contributed by atoms with Crippen molar-refractivity contribution < 1.29 is 4.39 Å². The molecule has 0 heterocycles. The van der Waals surface area contributed by atoms with Crippen LogP contribution in [-0.4, -0.2) is 12.6 Å². The van der Waals surface area contributed by atoms with Gasteiger partial charge in [-0.05, 0) is 36.0 Å². The summed E-state index contributed by atoms with van der Waals surface area (Å²) >= 11 is 0. The summed E-state index contributed by atoms with van der Waals surface area (Å²) in [4.78, 5) is 0. The lowest BCUT2D eigenvalue weighted by Crippen LogP contribution is -2.28. The highest BCUT2D eigenvalue weighted by atomic mass is 19.1. The van der Waals surface area contributed by atoms with Crippen LogP contribution in [0, 0.1) is 11.7 Å². The molecule has 0 bridgehead atoms. The minimum absolute atomic E-state index is 0.154. The standard InChI is InChI=1S/C16H26FN/c1-12(2)5-6-15(11-18-13(3)4)14-7-9-16(17)10-8-14/h7-10,12-13,15,18H,5-6,11H2,1-4H3. The van der Waals surface area contributed by atoms with Crippen LogP contribution in [0.3, 0.4) is 0 Å². The summed E-state index contributed by atoms with van der Waals surface area (Å²) in [5.74, 6) is 1.04. The maximum absolute atomic E-state index is 13.0. The third-order valence-corrected chi connectivity index (χ3v) is 3.21. The Labute approximate surface area is 111 Å². The van der Waals surface area contributed by atoms with Crippen molar-refractivity contribution in [3.63, 3.8) is 0 Å². The molecule has 0 aromatic heterocycles. The summed E-state index contributed by atoms with van der Waals surface area (Å²) in [5, 5.41) is 3.49. The minimum Gasteiger partial charge on any atom is -0.314 e. The van der Waals surface area contributed by atoms with Crippen molar-refractivity contribution in [2.24, 2.45) is 5.92 Å². The summed E-state index contributed by atoms with van der Waals surface area (Å²) in [5.41, 5.74) is 1.24. The summed E-state index contributed by atoms with van der Waals surface area (Å²) in [6, 6.07) is 7.46. The maximum atomic E-state index is 13.0. The second-order valence-electron chi connectivity index (χ2n) is 5.78. The van der Waals surface area contributed by atoms with Gasteiger partial charge >= 0.3 is 0 Å². The van der Waals surface area contributed by atoms with Gasteiger partial charge in [-0.3, -0.25) is 0 Å². The predicted octanol–water partition coefficient (Wildman–Crippen LogP) is 4.34. The normalized spacial score (nSPS) is 13.3. The van der Waals surface area contributed by atoms with Crippen molar-refractivity contribution in [2.75, 3.05) is 6.54 Å². The van der Waals surface area contributed by atoms with Gasteiger partial charge in [0.15, 0.2) is 0 Å². The van der Waals surface area contributed by atoms with E-state index in [9.17, 15) is 4.39 Å². The first-order chi connectivity index (χ1) is 8.49. The number of nitrogens with one attached hydrogen (secondary N) is 1. The van der Waals surface area contributed by atoms with Crippen molar-refractivity contribution in [3.8, 4) is 0 Å². The zero-order valence-electron chi connectivity index (χ0n) is 12.0. The molecule has 1 nitrogen and oxygen atoms in total. The average molecular weight is 251 g/mol. The van der Waals surface area contributed by atoms with Crippen LogP contribution in [-0.2, 0) is 0 Å². The van der Waals surface area contributed by atoms with Gasteiger partial charge in [0.2, 0.25) is 0 Å². The number of halogens is 1. The zero-order valence-corrected chi connectivity index (χ0v) is 12.0.